The normalized spacial score (nSPS) is 12.6. The van der Waals surface area contributed by atoms with Crippen LogP contribution in [-0.2, 0) is 11.0 Å². The van der Waals surface area contributed by atoms with Gasteiger partial charge in [0.2, 0.25) is 0 Å². The summed E-state index contributed by atoms with van der Waals surface area (Å²) in [5, 5.41) is 17.0. The van der Waals surface area contributed by atoms with Gasteiger partial charge in [0.05, 0.1) is 29.7 Å². The van der Waals surface area contributed by atoms with Crippen LogP contribution in [0.25, 0.3) is 22.0 Å². The van der Waals surface area contributed by atoms with Crippen molar-refractivity contribution >= 4 is 22.8 Å². The number of aromatic nitrogens is 2. The first-order valence-electron chi connectivity index (χ1n) is 13.1. The molecule has 2 N–H and O–H groups in total. The molecule has 1 amide bonds. The molecule has 210 valence electrons. The fraction of sp³-hybridized carbons (Fsp3) is 0.323. The number of carboxylic acid groups (broad SMARTS) is 1. The number of amides is 1. The lowest BCUT2D eigenvalue weighted by molar-refractivity contribution is -0.138. The molecule has 0 aliphatic heterocycles. The molecule has 0 fully saturated rings. The van der Waals surface area contributed by atoms with Crippen molar-refractivity contribution in [2.45, 2.75) is 52.8 Å². The standard InChI is InChI=1S/C31H32F3N3O3/c1-18(2)13-27(21-5-7-22(8-6-21)30(40)35-12-11-29(38)39)37-28-15-20(4)26(16-23(28)17-36-37)25-10-9-24(14-19(25)3)31(32,33)34/h5-10,14-18,27H,11-13H2,1-4H3,(H,35,40)(H,38,39)/t27-/m0/s1. The van der Waals surface area contributed by atoms with E-state index in [4.69, 9.17) is 10.2 Å². The molecule has 3 aromatic carbocycles. The van der Waals surface area contributed by atoms with Gasteiger partial charge in [0.15, 0.2) is 0 Å². The Morgan fingerprint density at radius 3 is 2.25 bits per heavy atom. The van der Waals surface area contributed by atoms with Crippen LogP contribution >= 0.6 is 0 Å². The largest absolute Gasteiger partial charge is 0.481 e. The van der Waals surface area contributed by atoms with Crippen molar-refractivity contribution in [2.75, 3.05) is 6.54 Å². The molecule has 0 aliphatic carbocycles. The molecule has 1 heterocycles. The van der Waals surface area contributed by atoms with Gasteiger partial charge in [-0.15, -0.1) is 0 Å². The third-order valence-corrected chi connectivity index (χ3v) is 6.96. The minimum Gasteiger partial charge on any atom is -0.481 e. The number of fused-ring (bicyclic) bond motifs is 1. The number of carboxylic acids is 1. The smallest absolute Gasteiger partial charge is 0.416 e. The van der Waals surface area contributed by atoms with Crippen LogP contribution in [0.15, 0.2) is 60.8 Å². The maximum absolute atomic E-state index is 13.2. The molecular formula is C31H32F3N3O3. The monoisotopic (exact) mass is 551 g/mol. The zero-order valence-corrected chi connectivity index (χ0v) is 22.8. The van der Waals surface area contributed by atoms with Crippen molar-refractivity contribution in [3.63, 3.8) is 0 Å². The number of benzene rings is 3. The third kappa shape index (κ3) is 6.35. The molecule has 0 spiro atoms. The van der Waals surface area contributed by atoms with Crippen LogP contribution in [0.2, 0.25) is 0 Å². The molecule has 0 unspecified atom stereocenters. The Labute approximate surface area is 230 Å². The lowest BCUT2D eigenvalue weighted by Gasteiger charge is -2.22. The van der Waals surface area contributed by atoms with E-state index in [9.17, 15) is 22.8 Å². The second-order valence-corrected chi connectivity index (χ2v) is 10.5. The highest BCUT2D eigenvalue weighted by Crippen LogP contribution is 2.37. The number of hydrogen-bond donors (Lipinski definition) is 2. The summed E-state index contributed by atoms with van der Waals surface area (Å²) in [7, 11) is 0. The van der Waals surface area contributed by atoms with E-state index in [1.54, 1.807) is 25.3 Å². The Hall–Kier alpha value is -4.14. The molecule has 6 nitrogen and oxygen atoms in total. The minimum absolute atomic E-state index is 0.0541. The first-order valence-corrected chi connectivity index (χ1v) is 13.1. The van der Waals surface area contributed by atoms with Gasteiger partial charge in [-0.1, -0.05) is 32.0 Å². The van der Waals surface area contributed by atoms with Gasteiger partial charge >= 0.3 is 12.1 Å². The molecular weight excluding hydrogens is 519 g/mol. The van der Waals surface area contributed by atoms with Crippen LogP contribution in [-0.4, -0.2) is 33.3 Å². The Kier molecular flexibility index (Phi) is 8.32. The number of carbonyl (C=O) groups is 2. The molecule has 1 aromatic heterocycles. The molecule has 9 heteroatoms. The fourth-order valence-corrected chi connectivity index (χ4v) is 4.94. The minimum atomic E-state index is -4.39. The predicted molar refractivity (Wildman–Crippen MR) is 148 cm³/mol. The molecule has 0 saturated heterocycles. The lowest BCUT2D eigenvalue weighted by Crippen LogP contribution is -2.26. The molecule has 0 saturated carbocycles. The van der Waals surface area contributed by atoms with Crippen molar-refractivity contribution in [3.05, 3.63) is 88.6 Å². The second kappa shape index (κ2) is 11.5. The van der Waals surface area contributed by atoms with Gasteiger partial charge in [-0.05, 0) is 90.4 Å². The summed E-state index contributed by atoms with van der Waals surface area (Å²) in [6.07, 6.45) is -1.97. The summed E-state index contributed by atoms with van der Waals surface area (Å²) in [4.78, 5) is 23.1. The fourth-order valence-electron chi connectivity index (χ4n) is 4.94. The quantitative estimate of drug-likeness (QED) is 0.231. The summed E-state index contributed by atoms with van der Waals surface area (Å²) >= 11 is 0. The lowest BCUT2D eigenvalue weighted by atomic mass is 9.93. The van der Waals surface area contributed by atoms with E-state index in [0.29, 0.717) is 17.0 Å². The Morgan fingerprint density at radius 2 is 1.65 bits per heavy atom. The van der Waals surface area contributed by atoms with Crippen LogP contribution in [0.1, 0.15) is 65.3 Å². The van der Waals surface area contributed by atoms with E-state index in [-0.39, 0.29) is 24.9 Å². The van der Waals surface area contributed by atoms with Crippen molar-refractivity contribution in [2.24, 2.45) is 5.92 Å². The maximum atomic E-state index is 13.2. The number of nitrogens with one attached hydrogen (secondary N) is 1. The molecule has 4 aromatic rings. The van der Waals surface area contributed by atoms with Gasteiger partial charge in [0.1, 0.15) is 0 Å². The Bertz CT molecular complexity index is 1540. The number of carbonyl (C=O) groups excluding carboxylic acids is 1. The van der Waals surface area contributed by atoms with Crippen LogP contribution < -0.4 is 5.32 Å². The van der Waals surface area contributed by atoms with Gasteiger partial charge in [-0.2, -0.15) is 18.3 Å². The first-order chi connectivity index (χ1) is 18.8. The van der Waals surface area contributed by atoms with E-state index < -0.39 is 17.7 Å². The second-order valence-electron chi connectivity index (χ2n) is 10.5. The molecule has 1 atom stereocenters. The number of halogens is 3. The zero-order chi connectivity index (χ0) is 29.2. The summed E-state index contributed by atoms with van der Waals surface area (Å²) in [6.45, 7) is 7.93. The molecule has 0 aliphatic rings. The highest BCUT2D eigenvalue weighted by Gasteiger charge is 2.31. The number of rotatable bonds is 9. The molecule has 0 radical (unpaired) electrons. The molecule has 4 rings (SSSR count). The van der Waals surface area contributed by atoms with E-state index in [1.165, 1.54) is 12.1 Å². The van der Waals surface area contributed by atoms with Crippen molar-refractivity contribution in [1.29, 1.82) is 0 Å². The van der Waals surface area contributed by atoms with Crippen molar-refractivity contribution in [1.82, 2.24) is 15.1 Å². The van der Waals surface area contributed by atoms with E-state index >= 15 is 0 Å². The van der Waals surface area contributed by atoms with Gasteiger partial charge in [-0.3, -0.25) is 14.3 Å². The number of alkyl halides is 3. The van der Waals surface area contributed by atoms with Crippen molar-refractivity contribution < 1.29 is 27.9 Å². The number of aryl methyl sites for hydroxylation is 2. The molecule has 40 heavy (non-hydrogen) atoms. The SMILES string of the molecule is Cc1cc(C(F)(F)F)ccc1-c1cc2cnn([C@@H](CC(C)C)c3ccc(C(=O)NCCC(=O)O)cc3)c2cc1C. The van der Waals surface area contributed by atoms with Crippen LogP contribution in [0.4, 0.5) is 13.2 Å². The van der Waals surface area contributed by atoms with Crippen LogP contribution in [0.3, 0.4) is 0 Å². The number of nitrogens with zero attached hydrogens (tertiary/aromatic N) is 2. The summed E-state index contributed by atoms with van der Waals surface area (Å²) in [5.74, 6) is -0.964. The highest BCUT2D eigenvalue weighted by molar-refractivity contribution is 5.94. The summed E-state index contributed by atoms with van der Waals surface area (Å²) < 4.78 is 41.5. The van der Waals surface area contributed by atoms with E-state index in [0.717, 1.165) is 45.6 Å². The predicted octanol–water partition coefficient (Wildman–Crippen LogP) is 7.18. The van der Waals surface area contributed by atoms with Gasteiger partial charge in [0.25, 0.3) is 5.91 Å². The van der Waals surface area contributed by atoms with Gasteiger partial charge in [-0.25, -0.2) is 0 Å². The van der Waals surface area contributed by atoms with Crippen LogP contribution in [0, 0.1) is 19.8 Å². The topological polar surface area (TPSA) is 84.2 Å². The number of hydrogen-bond acceptors (Lipinski definition) is 3. The number of aliphatic carboxylic acids is 1. The highest BCUT2D eigenvalue weighted by atomic mass is 19.4. The first kappa shape index (κ1) is 28.9. The van der Waals surface area contributed by atoms with Gasteiger partial charge in [0, 0.05) is 17.5 Å². The Morgan fingerprint density at radius 1 is 0.975 bits per heavy atom. The maximum Gasteiger partial charge on any atom is 0.416 e. The van der Waals surface area contributed by atoms with Crippen molar-refractivity contribution in [3.8, 4) is 11.1 Å². The van der Waals surface area contributed by atoms with E-state index in [2.05, 4.69) is 19.2 Å². The average Bonchev–Trinajstić information content (AvgIpc) is 3.28. The Balaban J connectivity index is 1.67. The summed E-state index contributed by atoms with van der Waals surface area (Å²) in [6, 6.07) is 14.9. The third-order valence-electron chi connectivity index (χ3n) is 6.96. The van der Waals surface area contributed by atoms with Crippen LogP contribution in [0.5, 0.6) is 0 Å². The zero-order valence-electron chi connectivity index (χ0n) is 22.8. The summed E-state index contributed by atoms with van der Waals surface area (Å²) in [5.41, 5.74) is 4.74. The molecule has 0 bridgehead atoms. The van der Waals surface area contributed by atoms with Gasteiger partial charge < -0.3 is 10.4 Å². The average molecular weight is 552 g/mol. The van der Waals surface area contributed by atoms with E-state index in [1.807, 2.05) is 35.9 Å².